The molecule has 0 unspecified atom stereocenters. The van der Waals surface area contributed by atoms with Gasteiger partial charge in [-0.3, -0.25) is 4.79 Å². The monoisotopic (exact) mass is 240 g/mol. The molecular formula is C10H16N4OS. The Morgan fingerprint density at radius 1 is 1.50 bits per heavy atom. The van der Waals surface area contributed by atoms with Gasteiger partial charge < -0.3 is 0 Å². The zero-order valence-corrected chi connectivity index (χ0v) is 10.6. The molecule has 1 aromatic heterocycles. The number of hydrogen-bond acceptors (Lipinski definition) is 5. The Bertz CT molecular complexity index is 392. The van der Waals surface area contributed by atoms with Gasteiger partial charge in [0.05, 0.1) is 11.8 Å². The van der Waals surface area contributed by atoms with Gasteiger partial charge in [0.1, 0.15) is 5.78 Å². The topological polar surface area (TPSA) is 60.7 Å². The summed E-state index contributed by atoms with van der Waals surface area (Å²) in [6, 6.07) is 0.460. The summed E-state index contributed by atoms with van der Waals surface area (Å²) < 4.78 is 1.83. The highest BCUT2D eigenvalue weighted by atomic mass is 32.2. The van der Waals surface area contributed by atoms with Crippen molar-refractivity contribution in [3.8, 4) is 0 Å². The molecule has 0 N–H and O–H groups in total. The fourth-order valence-electron chi connectivity index (χ4n) is 1.18. The van der Waals surface area contributed by atoms with Gasteiger partial charge in [-0.05, 0) is 23.3 Å². The molecule has 0 aromatic carbocycles. The third-order valence-corrected chi connectivity index (χ3v) is 3.46. The summed E-state index contributed by atoms with van der Waals surface area (Å²) in [5.74, 6) is 0.666. The van der Waals surface area contributed by atoms with Crippen LogP contribution in [0.3, 0.4) is 0 Å². The third kappa shape index (κ3) is 2.61. The summed E-state index contributed by atoms with van der Waals surface area (Å²) in [5, 5.41) is 12.3. The van der Waals surface area contributed by atoms with Crippen LogP contribution in [-0.2, 0) is 4.79 Å². The Morgan fingerprint density at radius 2 is 2.19 bits per heavy atom. The van der Waals surface area contributed by atoms with Gasteiger partial charge in [0.15, 0.2) is 0 Å². The lowest BCUT2D eigenvalue weighted by molar-refractivity contribution is -0.123. The zero-order chi connectivity index (χ0) is 11.8. The van der Waals surface area contributed by atoms with Crippen molar-refractivity contribution >= 4 is 17.5 Å². The minimum atomic E-state index is -0.287. The van der Waals surface area contributed by atoms with Crippen LogP contribution in [0.15, 0.2) is 5.16 Å². The highest BCUT2D eigenvalue weighted by molar-refractivity contribution is 7.99. The molecule has 1 heterocycles. The molecule has 1 saturated carbocycles. The lowest BCUT2D eigenvalue weighted by Gasteiger charge is -2.15. The Hall–Kier alpha value is -0.910. The zero-order valence-electron chi connectivity index (χ0n) is 9.80. The van der Waals surface area contributed by atoms with Crippen molar-refractivity contribution < 1.29 is 4.79 Å². The number of thioether (sulfide) groups is 1. The molecule has 1 aliphatic carbocycles. The van der Waals surface area contributed by atoms with Crippen LogP contribution in [0.2, 0.25) is 0 Å². The summed E-state index contributed by atoms with van der Waals surface area (Å²) in [7, 11) is 0. The Labute approximate surface area is 99.0 Å². The first-order valence-corrected chi connectivity index (χ1v) is 6.41. The Morgan fingerprint density at radius 3 is 2.75 bits per heavy atom. The van der Waals surface area contributed by atoms with Crippen LogP contribution in [-0.4, -0.2) is 31.7 Å². The van der Waals surface area contributed by atoms with Crippen molar-refractivity contribution in [2.75, 3.05) is 5.75 Å². The predicted octanol–water partition coefficient (Wildman–Crippen LogP) is 1.72. The normalized spacial score (nSPS) is 16.4. The molecule has 0 amide bonds. The standard InChI is InChI=1S/C10H16N4OS/c1-10(2,3)8(15)6-16-9-11-12-13-14(9)7-4-5-7/h7H,4-6H2,1-3H3. The molecule has 0 aliphatic heterocycles. The predicted molar refractivity (Wildman–Crippen MR) is 61.3 cm³/mol. The quantitative estimate of drug-likeness (QED) is 0.750. The van der Waals surface area contributed by atoms with Crippen molar-refractivity contribution in [3.63, 3.8) is 0 Å². The average molecular weight is 240 g/mol. The van der Waals surface area contributed by atoms with Crippen LogP contribution in [0.1, 0.15) is 39.7 Å². The van der Waals surface area contributed by atoms with E-state index in [-0.39, 0.29) is 11.2 Å². The van der Waals surface area contributed by atoms with E-state index < -0.39 is 0 Å². The van der Waals surface area contributed by atoms with E-state index in [1.807, 2.05) is 25.5 Å². The minimum Gasteiger partial charge on any atom is -0.298 e. The van der Waals surface area contributed by atoms with E-state index in [1.54, 1.807) is 0 Å². The van der Waals surface area contributed by atoms with E-state index in [1.165, 1.54) is 11.8 Å². The van der Waals surface area contributed by atoms with E-state index in [2.05, 4.69) is 15.5 Å². The van der Waals surface area contributed by atoms with Gasteiger partial charge in [0.25, 0.3) is 0 Å². The summed E-state index contributed by atoms with van der Waals surface area (Å²) in [6.45, 7) is 5.79. The van der Waals surface area contributed by atoms with Crippen molar-refractivity contribution in [2.45, 2.75) is 44.8 Å². The molecule has 16 heavy (non-hydrogen) atoms. The molecule has 6 heteroatoms. The third-order valence-electron chi connectivity index (χ3n) is 2.52. The van der Waals surface area contributed by atoms with Crippen LogP contribution in [0, 0.1) is 5.41 Å². The van der Waals surface area contributed by atoms with Gasteiger partial charge in [0, 0.05) is 5.41 Å². The first-order chi connectivity index (χ1) is 7.48. The number of carbonyl (C=O) groups excluding carboxylic acids is 1. The fraction of sp³-hybridized carbons (Fsp3) is 0.800. The summed E-state index contributed by atoms with van der Waals surface area (Å²) >= 11 is 1.43. The highest BCUT2D eigenvalue weighted by Crippen LogP contribution is 2.36. The Kier molecular flexibility index (Phi) is 3.01. The number of nitrogens with zero attached hydrogens (tertiary/aromatic N) is 4. The van der Waals surface area contributed by atoms with Gasteiger partial charge in [-0.25, -0.2) is 4.68 Å². The van der Waals surface area contributed by atoms with Gasteiger partial charge in [0.2, 0.25) is 5.16 Å². The van der Waals surface area contributed by atoms with Crippen molar-refractivity contribution in [1.29, 1.82) is 0 Å². The highest BCUT2D eigenvalue weighted by Gasteiger charge is 2.29. The van der Waals surface area contributed by atoms with E-state index in [0.29, 0.717) is 11.8 Å². The molecule has 0 bridgehead atoms. The second-order valence-corrected chi connectivity index (χ2v) is 6.04. The molecule has 5 nitrogen and oxygen atoms in total. The van der Waals surface area contributed by atoms with Gasteiger partial charge in [-0.2, -0.15) is 0 Å². The van der Waals surface area contributed by atoms with Crippen molar-refractivity contribution in [1.82, 2.24) is 20.2 Å². The van der Waals surface area contributed by atoms with E-state index >= 15 is 0 Å². The van der Waals surface area contributed by atoms with E-state index in [0.717, 1.165) is 18.0 Å². The lowest BCUT2D eigenvalue weighted by atomic mass is 9.92. The SMILES string of the molecule is CC(C)(C)C(=O)CSc1nnnn1C1CC1. The number of aromatic nitrogens is 4. The molecule has 0 atom stereocenters. The molecule has 1 aromatic rings. The summed E-state index contributed by atoms with van der Waals surface area (Å²) in [4.78, 5) is 11.8. The number of carbonyl (C=O) groups is 1. The number of tetrazole rings is 1. The van der Waals surface area contributed by atoms with Crippen molar-refractivity contribution in [3.05, 3.63) is 0 Å². The molecule has 1 fully saturated rings. The number of rotatable bonds is 4. The molecular weight excluding hydrogens is 224 g/mol. The first-order valence-electron chi connectivity index (χ1n) is 5.42. The number of ketones is 1. The first kappa shape index (κ1) is 11.6. The van der Waals surface area contributed by atoms with Gasteiger partial charge >= 0.3 is 0 Å². The summed E-state index contributed by atoms with van der Waals surface area (Å²) in [5.41, 5.74) is -0.287. The van der Waals surface area contributed by atoms with E-state index in [4.69, 9.17) is 0 Å². The Balaban J connectivity index is 1.94. The maximum Gasteiger partial charge on any atom is 0.210 e. The maximum atomic E-state index is 11.8. The molecule has 0 radical (unpaired) electrons. The average Bonchev–Trinajstić information content (AvgIpc) is 2.93. The molecule has 1 aliphatic rings. The van der Waals surface area contributed by atoms with Gasteiger partial charge in [-0.1, -0.05) is 32.5 Å². The van der Waals surface area contributed by atoms with Crippen LogP contribution >= 0.6 is 11.8 Å². The van der Waals surface area contributed by atoms with Crippen LogP contribution in [0.5, 0.6) is 0 Å². The minimum absolute atomic E-state index is 0.225. The fourth-order valence-corrected chi connectivity index (χ4v) is 2.28. The maximum absolute atomic E-state index is 11.8. The van der Waals surface area contributed by atoms with Crippen LogP contribution in [0.4, 0.5) is 0 Å². The lowest BCUT2D eigenvalue weighted by Crippen LogP contribution is -2.22. The van der Waals surface area contributed by atoms with E-state index in [9.17, 15) is 4.79 Å². The summed E-state index contributed by atoms with van der Waals surface area (Å²) in [6.07, 6.45) is 2.29. The molecule has 0 saturated heterocycles. The second-order valence-electron chi connectivity index (χ2n) is 5.10. The smallest absolute Gasteiger partial charge is 0.210 e. The van der Waals surface area contributed by atoms with Crippen LogP contribution in [0.25, 0.3) is 0 Å². The van der Waals surface area contributed by atoms with Crippen molar-refractivity contribution in [2.24, 2.45) is 5.41 Å². The number of hydrogen-bond donors (Lipinski definition) is 0. The largest absolute Gasteiger partial charge is 0.298 e. The van der Waals surface area contributed by atoms with Crippen LogP contribution < -0.4 is 0 Å². The molecule has 0 spiro atoms. The second kappa shape index (κ2) is 4.16. The van der Waals surface area contributed by atoms with Gasteiger partial charge in [-0.15, -0.1) is 5.10 Å². The molecule has 88 valence electrons. The number of Topliss-reactive ketones (excluding diaryl/α,β-unsaturated/α-hetero) is 1. The molecule has 2 rings (SSSR count).